The topological polar surface area (TPSA) is 46.6 Å². The van der Waals surface area contributed by atoms with E-state index in [9.17, 15) is 0 Å². The van der Waals surface area contributed by atoms with Crippen molar-refractivity contribution in [1.29, 1.82) is 0 Å². The van der Waals surface area contributed by atoms with E-state index in [2.05, 4.69) is 45.5 Å². The smallest absolute Gasteiger partial charge is 0.124 e. The molecule has 1 unspecified atom stereocenters. The molecule has 146 valence electrons. The summed E-state index contributed by atoms with van der Waals surface area (Å²) in [6, 6.07) is 14.9. The second-order valence-corrected chi connectivity index (χ2v) is 7.13. The van der Waals surface area contributed by atoms with Gasteiger partial charge in [0.1, 0.15) is 11.5 Å². The van der Waals surface area contributed by atoms with Crippen molar-refractivity contribution in [3.63, 3.8) is 0 Å². The van der Waals surface area contributed by atoms with Gasteiger partial charge in [0.2, 0.25) is 0 Å². The first kappa shape index (κ1) is 18.7. The summed E-state index contributed by atoms with van der Waals surface area (Å²) in [4.78, 5) is 6.78. The summed E-state index contributed by atoms with van der Waals surface area (Å²) in [5.74, 6) is 1.73. The van der Waals surface area contributed by atoms with Crippen molar-refractivity contribution >= 4 is 10.8 Å². The molecule has 1 aliphatic rings. The SMILES string of the molecule is COc1ccc(OC)c(C(c2ccc3cnccc3c2)N2CCCNCC2)c1. The first-order valence-electron chi connectivity index (χ1n) is 9.80. The highest BCUT2D eigenvalue weighted by Crippen LogP contribution is 2.38. The third kappa shape index (κ3) is 3.81. The number of ether oxygens (including phenoxy) is 2. The summed E-state index contributed by atoms with van der Waals surface area (Å²) in [6.45, 7) is 4.06. The van der Waals surface area contributed by atoms with E-state index >= 15 is 0 Å². The van der Waals surface area contributed by atoms with Gasteiger partial charge >= 0.3 is 0 Å². The fourth-order valence-electron chi connectivity index (χ4n) is 4.04. The van der Waals surface area contributed by atoms with Crippen molar-refractivity contribution in [2.75, 3.05) is 40.4 Å². The van der Waals surface area contributed by atoms with Crippen LogP contribution in [0.15, 0.2) is 54.9 Å². The molecule has 2 aromatic carbocycles. The van der Waals surface area contributed by atoms with Gasteiger partial charge in [0, 0.05) is 43.0 Å². The molecule has 1 saturated heterocycles. The Labute approximate surface area is 166 Å². The average Bonchev–Trinajstić information content (AvgIpc) is 3.03. The average molecular weight is 377 g/mol. The molecule has 28 heavy (non-hydrogen) atoms. The van der Waals surface area contributed by atoms with Crippen molar-refractivity contribution in [2.24, 2.45) is 0 Å². The standard InChI is InChI=1S/C23H27N3O2/c1-27-20-6-7-22(28-2)21(15-20)23(26-12-3-9-24-11-13-26)18-4-5-19-16-25-10-8-17(19)14-18/h4-8,10,14-16,23-24H,3,9,11-13H2,1-2H3. The largest absolute Gasteiger partial charge is 0.497 e. The summed E-state index contributed by atoms with van der Waals surface area (Å²) in [7, 11) is 3.44. The van der Waals surface area contributed by atoms with Crippen LogP contribution >= 0.6 is 0 Å². The van der Waals surface area contributed by atoms with E-state index in [1.807, 2.05) is 24.5 Å². The van der Waals surface area contributed by atoms with Crippen LogP contribution in [0.1, 0.15) is 23.6 Å². The summed E-state index contributed by atoms with van der Waals surface area (Å²) in [5, 5.41) is 5.86. The number of hydrogen-bond acceptors (Lipinski definition) is 5. The molecule has 1 aliphatic heterocycles. The van der Waals surface area contributed by atoms with Crippen molar-refractivity contribution in [3.8, 4) is 11.5 Å². The molecule has 3 aromatic rings. The number of aromatic nitrogens is 1. The Bertz CT molecular complexity index is 936. The molecule has 0 saturated carbocycles. The number of hydrogen-bond donors (Lipinski definition) is 1. The lowest BCUT2D eigenvalue weighted by atomic mass is 9.94. The van der Waals surface area contributed by atoms with Crippen LogP contribution in [0.25, 0.3) is 10.8 Å². The van der Waals surface area contributed by atoms with E-state index in [4.69, 9.17) is 9.47 Å². The molecule has 4 rings (SSSR count). The normalized spacial score (nSPS) is 16.5. The minimum Gasteiger partial charge on any atom is -0.497 e. The quantitative estimate of drug-likeness (QED) is 0.736. The number of fused-ring (bicyclic) bond motifs is 1. The highest BCUT2D eigenvalue weighted by atomic mass is 16.5. The molecule has 0 amide bonds. The lowest BCUT2D eigenvalue weighted by Crippen LogP contribution is -2.33. The maximum atomic E-state index is 5.75. The van der Waals surface area contributed by atoms with Gasteiger partial charge in [-0.3, -0.25) is 9.88 Å². The number of benzene rings is 2. The van der Waals surface area contributed by atoms with E-state index in [1.54, 1.807) is 14.2 Å². The number of methoxy groups -OCH3 is 2. The Morgan fingerprint density at radius 3 is 2.75 bits per heavy atom. The van der Waals surface area contributed by atoms with Crippen molar-refractivity contribution in [3.05, 3.63) is 66.0 Å². The predicted molar refractivity (Wildman–Crippen MR) is 112 cm³/mol. The van der Waals surface area contributed by atoms with Crippen molar-refractivity contribution in [1.82, 2.24) is 15.2 Å². The molecule has 5 heteroatoms. The van der Waals surface area contributed by atoms with Gasteiger partial charge < -0.3 is 14.8 Å². The zero-order valence-electron chi connectivity index (χ0n) is 16.5. The van der Waals surface area contributed by atoms with Gasteiger partial charge in [-0.05, 0) is 54.2 Å². The van der Waals surface area contributed by atoms with E-state index in [0.717, 1.165) is 55.0 Å². The summed E-state index contributed by atoms with van der Waals surface area (Å²) in [6.07, 6.45) is 4.89. The molecule has 1 atom stereocenters. The second kappa shape index (κ2) is 8.59. The van der Waals surface area contributed by atoms with Crippen LogP contribution in [0.4, 0.5) is 0 Å². The maximum Gasteiger partial charge on any atom is 0.124 e. The molecule has 1 aromatic heterocycles. The molecule has 0 spiro atoms. The summed E-state index contributed by atoms with van der Waals surface area (Å²) in [5.41, 5.74) is 2.39. The van der Waals surface area contributed by atoms with E-state index in [0.29, 0.717) is 0 Å². The van der Waals surface area contributed by atoms with Gasteiger partial charge in [0.05, 0.1) is 20.3 Å². The molecule has 5 nitrogen and oxygen atoms in total. The van der Waals surface area contributed by atoms with E-state index in [-0.39, 0.29) is 6.04 Å². The molecule has 0 aliphatic carbocycles. The lowest BCUT2D eigenvalue weighted by Gasteiger charge is -2.32. The fraction of sp³-hybridized carbons (Fsp3) is 0.348. The van der Waals surface area contributed by atoms with Crippen LogP contribution in [-0.2, 0) is 0 Å². The third-order valence-electron chi connectivity index (χ3n) is 5.45. The van der Waals surface area contributed by atoms with Gasteiger partial charge in [-0.2, -0.15) is 0 Å². The first-order chi connectivity index (χ1) is 13.8. The predicted octanol–water partition coefficient (Wildman–Crippen LogP) is 3.64. The van der Waals surface area contributed by atoms with Crippen molar-refractivity contribution in [2.45, 2.75) is 12.5 Å². The second-order valence-electron chi connectivity index (χ2n) is 7.13. The van der Waals surface area contributed by atoms with Crippen LogP contribution in [0.5, 0.6) is 11.5 Å². The van der Waals surface area contributed by atoms with Gasteiger partial charge in [-0.15, -0.1) is 0 Å². The number of pyridine rings is 1. The highest BCUT2D eigenvalue weighted by Gasteiger charge is 2.26. The van der Waals surface area contributed by atoms with Gasteiger partial charge in [0.25, 0.3) is 0 Å². The summed E-state index contributed by atoms with van der Waals surface area (Å²) < 4.78 is 11.3. The Balaban J connectivity index is 1.86. The summed E-state index contributed by atoms with van der Waals surface area (Å²) >= 11 is 0. The monoisotopic (exact) mass is 377 g/mol. The minimum atomic E-state index is 0.0996. The van der Waals surface area contributed by atoms with Gasteiger partial charge in [0.15, 0.2) is 0 Å². The van der Waals surface area contributed by atoms with Gasteiger partial charge in [-0.1, -0.05) is 12.1 Å². The van der Waals surface area contributed by atoms with Crippen LogP contribution < -0.4 is 14.8 Å². The molecular weight excluding hydrogens is 350 g/mol. The van der Waals surface area contributed by atoms with Crippen LogP contribution in [0.3, 0.4) is 0 Å². The number of rotatable bonds is 5. The fourth-order valence-corrected chi connectivity index (χ4v) is 4.04. The van der Waals surface area contributed by atoms with Crippen LogP contribution in [-0.4, -0.2) is 50.3 Å². The third-order valence-corrected chi connectivity index (χ3v) is 5.45. The minimum absolute atomic E-state index is 0.0996. The molecule has 1 fully saturated rings. The van der Waals surface area contributed by atoms with E-state index < -0.39 is 0 Å². The van der Waals surface area contributed by atoms with Crippen molar-refractivity contribution < 1.29 is 9.47 Å². The molecule has 0 bridgehead atoms. The first-order valence-corrected chi connectivity index (χ1v) is 9.80. The Morgan fingerprint density at radius 2 is 1.89 bits per heavy atom. The number of nitrogens with one attached hydrogen (secondary N) is 1. The zero-order chi connectivity index (χ0) is 19.3. The zero-order valence-corrected chi connectivity index (χ0v) is 16.5. The van der Waals surface area contributed by atoms with Gasteiger partial charge in [-0.25, -0.2) is 0 Å². The number of nitrogens with zero attached hydrogens (tertiary/aromatic N) is 2. The van der Waals surface area contributed by atoms with Crippen LogP contribution in [0, 0.1) is 0 Å². The Morgan fingerprint density at radius 1 is 0.964 bits per heavy atom. The Hall–Kier alpha value is -2.63. The van der Waals surface area contributed by atoms with E-state index in [1.165, 1.54) is 10.9 Å². The molecule has 1 N–H and O–H groups in total. The molecular formula is C23H27N3O2. The maximum absolute atomic E-state index is 5.75. The highest BCUT2D eigenvalue weighted by molar-refractivity contribution is 5.82. The van der Waals surface area contributed by atoms with Crippen LogP contribution in [0.2, 0.25) is 0 Å². The molecule has 2 heterocycles. The lowest BCUT2D eigenvalue weighted by molar-refractivity contribution is 0.236. The molecule has 0 radical (unpaired) electrons. The Kier molecular flexibility index (Phi) is 5.74.